The lowest BCUT2D eigenvalue weighted by Crippen LogP contribution is -2.29. The van der Waals surface area contributed by atoms with Crippen molar-refractivity contribution in [3.8, 4) is 0 Å². The molecule has 0 saturated carbocycles. The van der Waals surface area contributed by atoms with Gasteiger partial charge in [-0.25, -0.2) is 4.39 Å². The second kappa shape index (κ2) is 5.49. The molecule has 3 nitrogen and oxygen atoms in total. The highest BCUT2D eigenvalue weighted by Crippen LogP contribution is 2.20. The first kappa shape index (κ1) is 14.0. The van der Waals surface area contributed by atoms with Crippen LogP contribution in [0.25, 0.3) is 10.9 Å². The van der Waals surface area contributed by atoms with Crippen molar-refractivity contribution in [3.05, 3.63) is 35.8 Å². The molecule has 0 spiro atoms. The summed E-state index contributed by atoms with van der Waals surface area (Å²) in [5.41, 5.74) is 7.10. The Hall–Kier alpha value is -1.10. The average Bonchev–Trinajstić information content (AvgIpc) is 2.60. The van der Waals surface area contributed by atoms with Crippen LogP contribution in [0.5, 0.6) is 0 Å². The predicted molar refractivity (Wildman–Crippen MR) is 68.0 cm³/mol. The van der Waals surface area contributed by atoms with Gasteiger partial charge in [0.15, 0.2) is 0 Å². The van der Waals surface area contributed by atoms with E-state index < -0.39 is 11.3 Å². The Morgan fingerprint density at radius 3 is 2.88 bits per heavy atom. The molecular weight excluding hydrogens is 266 g/mol. The van der Waals surface area contributed by atoms with Crippen LogP contribution in [0.3, 0.4) is 0 Å². The van der Waals surface area contributed by atoms with Crippen LogP contribution in [0.4, 0.5) is 4.39 Å². The largest absolute Gasteiger partial charge is 0.361 e. The summed E-state index contributed by atoms with van der Waals surface area (Å²) in [6.45, 7) is 0. The lowest BCUT2D eigenvalue weighted by molar-refractivity contribution is -0.112. The van der Waals surface area contributed by atoms with E-state index >= 15 is 0 Å². The van der Waals surface area contributed by atoms with Crippen molar-refractivity contribution >= 4 is 40.2 Å². The topological polar surface area (TPSA) is 58.9 Å². The number of carbonyl (C=O) groups is 1. The molecule has 6 heteroatoms. The predicted octanol–water partition coefficient (Wildman–Crippen LogP) is 2.36. The Morgan fingerprint density at radius 2 is 2.24 bits per heavy atom. The summed E-state index contributed by atoms with van der Waals surface area (Å²) < 4.78 is 12.9. The molecule has 0 amide bonds. The number of benzene rings is 1. The number of carbonyl (C=O) groups excluding carboxylic acids is 1. The second-order valence-corrected chi connectivity index (χ2v) is 3.99. The SMILES string of the molecule is Cl.N[C@@H](Cc1c[nH]c2cc(F)ccc12)C(=O)Cl. The van der Waals surface area contributed by atoms with E-state index in [1.165, 1.54) is 12.1 Å². The van der Waals surface area contributed by atoms with Crippen LogP contribution in [-0.4, -0.2) is 16.3 Å². The maximum atomic E-state index is 12.9. The van der Waals surface area contributed by atoms with E-state index in [-0.39, 0.29) is 18.2 Å². The smallest absolute Gasteiger partial charge is 0.238 e. The number of hydrogen-bond donors (Lipinski definition) is 2. The Labute approximate surface area is 109 Å². The number of nitrogens with one attached hydrogen (secondary N) is 1. The molecule has 0 radical (unpaired) electrons. The maximum Gasteiger partial charge on any atom is 0.238 e. The van der Waals surface area contributed by atoms with Gasteiger partial charge in [-0.3, -0.25) is 4.79 Å². The molecule has 0 aliphatic rings. The summed E-state index contributed by atoms with van der Waals surface area (Å²) in [4.78, 5) is 13.8. The van der Waals surface area contributed by atoms with Crippen LogP contribution in [0.15, 0.2) is 24.4 Å². The van der Waals surface area contributed by atoms with Crippen molar-refractivity contribution in [1.82, 2.24) is 4.98 Å². The van der Waals surface area contributed by atoms with Gasteiger partial charge < -0.3 is 10.7 Å². The third-order valence-electron chi connectivity index (χ3n) is 2.46. The normalized spacial score (nSPS) is 12.2. The highest BCUT2D eigenvalue weighted by molar-refractivity contribution is 6.64. The first-order valence-corrected chi connectivity index (χ1v) is 5.16. The van der Waals surface area contributed by atoms with Gasteiger partial charge in [-0.15, -0.1) is 12.4 Å². The maximum absolute atomic E-state index is 12.9. The van der Waals surface area contributed by atoms with Gasteiger partial charge in [0.2, 0.25) is 5.24 Å². The minimum absolute atomic E-state index is 0. The molecule has 92 valence electrons. The minimum atomic E-state index is -0.731. The zero-order valence-corrected chi connectivity index (χ0v) is 10.3. The number of fused-ring (bicyclic) bond motifs is 1. The number of aromatic amines is 1. The van der Waals surface area contributed by atoms with Gasteiger partial charge in [0.25, 0.3) is 0 Å². The number of H-pyrrole nitrogens is 1. The van der Waals surface area contributed by atoms with Crippen molar-refractivity contribution < 1.29 is 9.18 Å². The molecule has 2 aromatic rings. The summed E-state index contributed by atoms with van der Waals surface area (Å²) in [5, 5.41) is 0.284. The Morgan fingerprint density at radius 1 is 1.53 bits per heavy atom. The van der Waals surface area contributed by atoms with Crippen molar-refractivity contribution in [2.75, 3.05) is 0 Å². The quantitative estimate of drug-likeness (QED) is 0.846. The van der Waals surface area contributed by atoms with Gasteiger partial charge in [0, 0.05) is 17.1 Å². The lowest BCUT2D eigenvalue weighted by Gasteiger charge is -2.04. The third-order valence-corrected chi connectivity index (χ3v) is 2.74. The zero-order chi connectivity index (χ0) is 11.7. The fourth-order valence-electron chi connectivity index (χ4n) is 1.64. The highest BCUT2D eigenvalue weighted by Gasteiger charge is 2.14. The molecule has 1 atom stereocenters. The molecule has 1 aromatic heterocycles. The van der Waals surface area contributed by atoms with E-state index in [2.05, 4.69) is 4.98 Å². The first-order chi connectivity index (χ1) is 7.58. The van der Waals surface area contributed by atoms with Crippen LogP contribution < -0.4 is 5.73 Å². The average molecular weight is 277 g/mol. The van der Waals surface area contributed by atoms with E-state index in [1.54, 1.807) is 12.3 Å². The Kier molecular flexibility index (Phi) is 4.51. The van der Waals surface area contributed by atoms with Crippen molar-refractivity contribution in [2.45, 2.75) is 12.5 Å². The van der Waals surface area contributed by atoms with Crippen LogP contribution >= 0.6 is 24.0 Å². The van der Waals surface area contributed by atoms with E-state index in [0.29, 0.717) is 11.9 Å². The van der Waals surface area contributed by atoms with Gasteiger partial charge >= 0.3 is 0 Å². The van der Waals surface area contributed by atoms with Crippen LogP contribution in [0.1, 0.15) is 5.56 Å². The van der Waals surface area contributed by atoms with Gasteiger partial charge in [-0.1, -0.05) is 0 Å². The van der Waals surface area contributed by atoms with Gasteiger partial charge in [-0.2, -0.15) is 0 Å². The van der Waals surface area contributed by atoms with Crippen LogP contribution in [-0.2, 0) is 11.2 Å². The third kappa shape index (κ3) is 2.97. The van der Waals surface area contributed by atoms with E-state index in [0.717, 1.165) is 10.9 Å². The van der Waals surface area contributed by atoms with Gasteiger partial charge in [0.1, 0.15) is 5.82 Å². The number of rotatable bonds is 3. The molecule has 0 unspecified atom stereocenters. The van der Waals surface area contributed by atoms with Crippen molar-refractivity contribution in [2.24, 2.45) is 5.73 Å². The summed E-state index contributed by atoms with van der Waals surface area (Å²) in [6.07, 6.45) is 2.05. The zero-order valence-electron chi connectivity index (χ0n) is 8.74. The van der Waals surface area contributed by atoms with Gasteiger partial charge in [0.05, 0.1) is 6.04 Å². The molecule has 0 fully saturated rings. The number of nitrogens with two attached hydrogens (primary N) is 1. The summed E-state index contributed by atoms with van der Waals surface area (Å²) in [5.74, 6) is -0.307. The van der Waals surface area contributed by atoms with E-state index in [9.17, 15) is 9.18 Å². The van der Waals surface area contributed by atoms with Crippen LogP contribution in [0, 0.1) is 5.82 Å². The standard InChI is InChI=1S/C11H10ClFN2O.ClH/c12-11(16)9(14)3-6-5-15-10-4-7(13)1-2-8(6)10;/h1-2,4-5,9,15H,3,14H2;1H/t9-;/m0./s1. The molecule has 0 aliphatic heterocycles. The van der Waals surface area contributed by atoms with Crippen molar-refractivity contribution in [1.29, 1.82) is 0 Å². The fourth-order valence-corrected chi connectivity index (χ4v) is 1.72. The molecule has 3 N–H and O–H groups in total. The first-order valence-electron chi connectivity index (χ1n) is 4.78. The van der Waals surface area contributed by atoms with Crippen LogP contribution in [0.2, 0.25) is 0 Å². The Balaban J connectivity index is 0.00000144. The van der Waals surface area contributed by atoms with E-state index in [4.69, 9.17) is 17.3 Å². The monoisotopic (exact) mass is 276 g/mol. The molecule has 0 aliphatic carbocycles. The van der Waals surface area contributed by atoms with Gasteiger partial charge in [-0.05, 0) is 41.8 Å². The van der Waals surface area contributed by atoms with E-state index in [1.807, 2.05) is 0 Å². The molecular formula is C11H11Cl2FN2O. The second-order valence-electron chi connectivity index (χ2n) is 3.62. The number of hydrogen-bond acceptors (Lipinski definition) is 2. The molecule has 0 bridgehead atoms. The molecule has 2 rings (SSSR count). The number of aromatic nitrogens is 1. The molecule has 1 heterocycles. The molecule has 1 aromatic carbocycles. The lowest BCUT2D eigenvalue weighted by atomic mass is 10.1. The minimum Gasteiger partial charge on any atom is -0.361 e. The fraction of sp³-hybridized carbons (Fsp3) is 0.182. The summed E-state index contributed by atoms with van der Waals surface area (Å²) in [7, 11) is 0. The summed E-state index contributed by atoms with van der Waals surface area (Å²) >= 11 is 5.29. The molecule has 0 saturated heterocycles. The highest BCUT2D eigenvalue weighted by atomic mass is 35.5. The molecule has 17 heavy (non-hydrogen) atoms. The van der Waals surface area contributed by atoms with Crippen molar-refractivity contribution in [3.63, 3.8) is 0 Å². The number of halogens is 3. The summed E-state index contributed by atoms with van der Waals surface area (Å²) in [6, 6.07) is 3.69. The Bertz CT molecular complexity index is 541.